The second kappa shape index (κ2) is 6.43. The summed E-state index contributed by atoms with van der Waals surface area (Å²) in [6, 6.07) is 3.68. The van der Waals surface area contributed by atoms with Crippen LogP contribution in [0.1, 0.15) is 49.7 Å². The summed E-state index contributed by atoms with van der Waals surface area (Å²) in [5, 5.41) is 13.2. The summed E-state index contributed by atoms with van der Waals surface area (Å²) in [7, 11) is 0. The van der Waals surface area contributed by atoms with E-state index in [4.69, 9.17) is 0 Å². The minimum absolute atomic E-state index is 0.0216. The Hall–Kier alpha value is -1.62. The molecule has 1 aliphatic rings. The fraction of sp³-hybridized carbons (Fsp3) is 0.625. The lowest BCUT2D eigenvalue weighted by Crippen LogP contribution is -2.34. The molecule has 1 amide bonds. The quantitative estimate of drug-likeness (QED) is 0.871. The number of amides is 1. The highest BCUT2D eigenvalue weighted by Gasteiger charge is 2.34. The lowest BCUT2D eigenvalue weighted by molar-refractivity contribution is 0.0572. The Labute approximate surface area is 126 Å². The summed E-state index contributed by atoms with van der Waals surface area (Å²) in [5.74, 6) is 0.726. The molecular weight excluding hydrogens is 266 g/mol. The van der Waals surface area contributed by atoms with Crippen LogP contribution in [0.5, 0.6) is 0 Å². The van der Waals surface area contributed by atoms with Crippen molar-refractivity contribution in [2.24, 2.45) is 0 Å². The molecule has 1 unspecified atom stereocenters. The number of nitrogens with zero attached hydrogens (tertiary/aromatic N) is 2. The summed E-state index contributed by atoms with van der Waals surface area (Å²) in [6.07, 6.45) is 2.48. The smallest absolute Gasteiger partial charge is 0.254 e. The summed E-state index contributed by atoms with van der Waals surface area (Å²) in [4.78, 5) is 18.8. The van der Waals surface area contributed by atoms with Gasteiger partial charge in [0, 0.05) is 30.9 Å². The SMILES string of the molecule is CCCc1cc(C(=O)N2CCC(C)(O)C2)cc(NCC)n1. The maximum absolute atomic E-state index is 12.6. The van der Waals surface area contributed by atoms with E-state index in [1.807, 2.05) is 13.0 Å². The largest absolute Gasteiger partial charge is 0.388 e. The van der Waals surface area contributed by atoms with Crippen molar-refractivity contribution in [3.63, 3.8) is 0 Å². The van der Waals surface area contributed by atoms with Crippen LogP contribution in [0.4, 0.5) is 5.82 Å². The lowest BCUT2D eigenvalue weighted by Gasteiger charge is -2.19. The Balaban J connectivity index is 2.23. The van der Waals surface area contributed by atoms with Gasteiger partial charge in [-0.05, 0) is 38.8 Å². The molecule has 5 nitrogen and oxygen atoms in total. The number of aromatic nitrogens is 1. The van der Waals surface area contributed by atoms with Crippen molar-refractivity contribution in [3.05, 3.63) is 23.4 Å². The van der Waals surface area contributed by atoms with E-state index in [-0.39, 0.29) is 5.91 Å². The minimum Gasteiger partial charge on any atom is -0.388 e. The Morgan fingerprint density at radius 2 is 2.24 bits per heavy atom. The first-order valence-corrected chi connectivity index (χ1v) is 7.71. The number of nitrogens with one attached hydrogen (secondary N) is 1. The predicted octanol–water partition coefficient (Wildman–Crippen LogP) is 2.06. The molecule has 0 bridgehead atoms. The van der Waals surface area contributed by atoms with Crippen LogP contribution < -0.4 is 5.32 Å². The van der Waals surface area contributed by atoms with Crippen molar-refractivity contribution in [1.82, 2.24) is 9.88 Å². The number of rotatable bonds is 5. The fourth-order valence-electron chi connectivity index (χ4n) is 2.67. The summed E-state index contributed by atoms with van der Waals surface area (Å²) in [5.41, 5.74) is 0.826. The number of anilines is 1. The monoisotopic (exact) mass is 291 g/mol. The molecule has 1 fully saturated rings. The molecule has 5 heteroatoms. The molecule has 21 heavy (non-hydrogen) atoms. The van der Waals surface area contributed by atoms with Crippen LogP contribution in [-0.4, -0.2) is 46.1 Å². The Morgan fingerprint density at radius 1 is 1.48 bits per heavy atom. The van der Waals surface area contributed by atoms with Crippen molar-refractivity contribution < 1.29 is 9.90 Å². The van der Waals surface area contributed by atoms with Crippen molar-refractivity contribution in [2.75, 3.05) is 25.0 Å². The van der Waals surface area contributed by atoms with Crippen LogP contribution >= 0.6 is 0 Å². The van der Waals surface area contributed by atoms with E-state index in [1.54, 1.807) is 17.9 Å². The molecule has 1 aliphatic heterocycles. The van der Waals surface area contributed by atoms with Gasteiger partial charge in [-0.25, -0.2) is 4.98 Å². The van der Waals surface area contributed by atoms with Gasteiger partial charge in [-0.15, -0.1) is 0 Å². The van der Waals surface area contributed by atoms with Crippen molar-refractivity contribution >= 4 is 11.7 Å². The van der Waals surface area contributed by atoms with Crippen LogP contribution in [0, 0.1) is 0 Å². The Morgan fingerprint density at radius 3 is 2.81 bits per heavy atom. The normalized spacial score (nSPS) is 21.6. The summed E-state index contributed by atoms with van der Waals surface area (Å²) in [6.45, 7) is 7.66. The lowest BCUT2D eigenvalue weighted by atomic mass is 10.1. The molecule has 2 N–H and O–H groups in total. The topological polar surface area (TPSA) is 65.5 Å². The van der Waals surface area contributed by atoms with E-state index in [9.17, 15) is 9.90 Å². The molecular formula is C16H25N3O2. The zero-order valence-corrected chi connectivity index (χ0v) is 13.1. The van der Waals surface area contributed by atoms with Gasteiger partial charge in [0.1, 0.15) is 5.82 Å². The molecule has 2 heterocycles. The third-order valence-corrected chi connectivity index (χ3v) is 3.73. The van der Waals surface area contributed by atoms with Crippen LogP contribution in [-0.2, 0) is 6.42 Å². The molecule has 0 radical (unpaired) electrons. The van der Waals surface area contributed by atoms with E-state index in [1.165, 1.54) is 0 Å². The number of aliphatic hydroxyl groups is 1. The minimum atomic E-state index is -0.764. The number of aryl methyl sites for hydroxylation is 1. The van der Waals surface area contributed by atoms with E-state index in [0.717, 1.165) is 30.9 Å². The Kier molecular flexibility index (Phi) is 4.83. The van der Waals surface area contributed by atoms with Crippen molar-refractivity contribution in [1.29, 1.82) is 0 Å². The molecule has 1 aromatic heterocycles. The predicted molar refractivity (Wildman–Crippen MR) is 83.5 cm³/mol. The number of hydrogen-bond acceptors (Lipinski definition) is 4. The maximum atomic E-state index is 12.6. The van der Waals surface area contributed by atoms with Gasteiger partial charge in [-0.2, -0.15) is 0 Å². The average molecular weight is 291 g/mol. The molecule has 0 aromatic carbocycles. The number of carbonyl (C=O) groups is 1. The Bertz CT molecular complexity index is 490. The van der Waals surface area contributed by atoms with E-state index in [0.29, 0.717) is 25.1 Å². The summed E-state index contributed by atoms with van der Waals surface area (Å²) >= 11 is 0. The zero-order chi connectivity index (χ0) is 15.5. The molecule has 116 valence electrons. The third-order valence-electron chi connectivity index (χ3n) is 3.73. The molecule has 1 saturated heterocycles. The number of β-amino-alcohol motifs (C(OH)–C–C–N with tert-alkyl or cyclic N) is 1. The fourth-order valence-corrected chi connectivity index (χ4v) is 2.67. The van der Waals surface area contributed by atoms with Gasteiger partial charge in [0.2, 0.25) is 0 Å². The second-order valence-electron chi connectivity index (χ2n) is 5.99. The van der Waals surface area contributed by atoms with E-state index >= 15 is 0 Å². The third kappa shape index (κ3) is 3.94. The maximum Gasteiger partial charge on any atom is 0.254 e. The molecule has 2 rings (SSSR count). The van der Waals surface area contributed by atoms with Crippen LogP contribution in [0.25, 0.3) is 0 Å². The van der Waals surface area contributed by atoms with Gasteiger partial charge in [0.05, 0.1) is 5.60 Å². The molecule has 0 saturated carbocycles. The van der Waals surface area contributed by atoms with Crippen LogP contribution in [0.3, 0.4) is 0 Å². The number of likely N-dealkylation sites (tertiary alicyclic amines) is 1. The van der Waals surface area contributed by atoms with Crippen molar-refractivity contribution in [3.8, 4) is 0 Å². The average Bonchev–Trinajstić information content (AvgIpc) is 2.79. The van der Waals surface area contributed by atoms with Crippen molar-refractivity contribution in [2.45, 2.75) is 45.6 Å². The number of hydrogen-bond donors (Lipinski definition) is 2. The van der Waals surface area contributed by atoms with Gasteiger partial charge < -0.3 is 15.3 Å². The summed E-state index contributed by atoms with van der Waals surface area (Å²) < 4.78 is 0. The van der Waals surface area contributed by atoms with Gasteiger partial charge >= 0.3 is 0 Å². The molecule has 1 atom stereocenters. The van der Waals surface area contributed by atoms with Gasteiger partial charge in [0.15, 0.2) is 0 Å². The van der Waals surface area contributed by atoms with Gasteiger partial charge in [0.25, 0.3) is 5.91 Å². The highest BCUT2D eigenvalue weighted by molar-refractivity contribution is 5.95. The van der Waals surface area contributed by atoms with Gasteiger partial charge in [-0.1, -0.05) is 13.3 Å². The number of carbonyl (C=O) groups excluding carboxylic acids is 1. The van der Waals surface area contributed by atoms with E-state index in [2.05, 4.69) is 17.2 Å². The second-order valence-corrected chi connectivity index (χ2v) is 5.99. The highest BCUT2D eigenvalue weighted by Crippen LogP contribution is 2.23. The molecule has 1 aromatic rings. The first-order valence-electron chi connectivity index (χ1n) is 7.71. The molecule has 0 spiro atoms. The van der Waals surface area contributed by atoms with Crippen LogP contribution in [0.2, 0.25) is 0 Å². The standard InChI is InChI=1S/C16H25N3O2/c1-4-6-13-9-12(10-14(18-13)17-5-2)15(20)19-8-7-16(3,21)11-19/h9-10,21H,4-8,11H2,1-3H3,(H,17,18). The van der Waals surface area contributed by atoms with E-state index < -0.39 is 5.60 Å². The highest BCUT2D eigenvalue weighted by atomic mass is 16.3. The van der Waals surface area contributed by atoms with Gasteiger partial charge in [-0.3, -0.25) is 4.79 Å². The van der Waals surface area contributed by atoms with Crippen LogP contribution in [0.15, 0.2) is 12.1 Å². The number of pyridine rings is 1. The first-order chi connectivity index (χ1) is 9.95. The molecule has 0 aliphatic carbocycles. The zero-order valence-electron chi connectivity index (χ0n) is 13.1. The first kappa shape index (κ1) is 15.8.